The van der Waals surface area contributed by atoms with E-state index in [0.29, 0.717) is 32.2 Å². The Morgan fingerprint density at radius 2 is 1.95 bits per heavy atom. The van der Waals surface area contributed by atoms with E-state index in [1.165, 1.54) is 0 Å². The van der Waals surface area contributed by atoms with Gasteiger partial charge in [0.1, 0.15) is 6.04 Å². The van der Waals surface area contributed by atoms with Crippen molar-refractivity contribution in [3.05, 3.63) is 0 Å². The zero-order valence-electron chi connectivity index (χ0n) is 10.6. The number of nitrogens with zero attached hydrogens (tertiary/aromatic N) is 1. The topological polar surface area (TPSA) is 145 Å². The van der Waals surface area contributed by atoms with Gasteiger partial charge in [0.25, 0.3) is 0 Å². The molecule has 0 saturated carbocycles. The second-order valence-electron chi connectivity index (χ2n) is 3.98. The molecule has 6 N–H and O–H groups in total. The lowest BCUT2D eigenvalue weighted by Crippen LogP contribution is -2.30. The number of nitrogens with two attached hydrogens (primary N) is 1. The lowest BCUT2D eigenvalue weighted by atomic mass is 10.1. The van der Waals surface area contributed by atoms with Crippen LogP contribution in [0.25, 0.3) is 0 Å². The Morgan fingerprint density at radius 3 is 2.53 bits per heavy atom. The standard InChI is InChI=1S/C10H21N3O6/c11-8(10(15)16)4-1-2-6-12-9(14)5-3-7-19-13(17)18/h8,17-18H,1-7,11H2,(H,12,14)(H,15,16). The fraction of sp³-hybridized carbons (Fsp3) is 0.800. The van der Waals surface area contributed by atoms with E-state index >= 15 is 0 Å². The van der Waals surface area contributed by atoms with Crippen LogP contribution in [0.1, 0.15) is 32.1 Å². The maximum absolute atomic E-state index is 11.3. The van der Waals surface area contributed by atoms with Crippen molar-refractivity contribution in [1.29, 1.82) is 0 Å². The molecule has 0 radical (unpaired) electrons. The quantitative estimate of drug-likeness (QED) is 0.251. The average Bonchev–Trinajstić information content (AvgIpc) is 2.33. The van der Waals surface area contributed by atoms with Crippen LogP contribution in [0, 0.1) is 0 Å². The molecular formula is C10H21N3O6. The smallest absolute Gasteiger partial charge is 0.320 e. The van der Waals surface area contributed by atoms with Crippen LogP contribution in [0.3, 0.4) is 0 Å². The normalized spacial score (nSPS) is 12.4. The highest BCUT2D eigenvalue weighted by Crippen LogP contribution is 1.98. The van der Waals surface area contributed by atoms with Crippen molar-refractivity contribution in [2.24, 2.45) is 5.73 Å². The molecule has 0 aromatic carbocycles. The molecule has 19 heavy (non-hydrogen) atoms. The number of carbonyl (C=O) groups is 2. The van der Waals surface area contributed by atoms with Crippen molar-refractivity contribution in [2.45, 2.75) is 38.1 Å². The molecule has 9 heteroatoms. The van der Waals surface area contributed by atoms with E-state index in [0.717, 1.165) is 0 Å². The van der Waals surface area contributed by atoms with Crippen LogP contribution in [0.15, 0.2) is 0 Å². The second kappa shape index (κ2) is 10.6. The van der Waals surface area contributed by atoms with Gasteiger partial charge in [0.2, 0.25) is 5.91 Å². The predicted molar refractivity (Wildman–Crippen MR) is 63.1 cm³/mol. The first-order valence-electron chi connectivity index (χ1n) is 5.99. The molecule has 1 amide bonds. The van der Waals surface area contributed by atoms with Crippen LogP contribution >= 0.6 is 0 Å². The number of hydrogen-bond donors (Lipinski definition) is 5. The summed E-state index contributed by atoms with van der Waals surface area (Å²) >= 11 is 0. The van der Waals surface area contributed by atoms with Crippen LogP contribution in [-0.4, -0.2) is 52.0 Å². The average molecular weight is 279 g/mol. The summed E-state index contributed by atoms with van der Waals surface area (Å²) in [6, 6.07) is -0.854. The summed E-state index contributed by atoms with van der Waals surface area (Å²) in [5, 5.41) is 27.2. The molecule has 1 unspecified atom stereocenters. The Hall–Kier alpha value is -1.26. The molecule has 9 nitrogen and oxygen atoms in total. The van der Waals surface area contributed by atoms with E-state index in [2.05, 4.69) is 10.2 Å². The zero-order chi connectivity index (χ0) is 14.7. The highest BCUT2D eigenvalue weighted by Gasteiger charge is 2.10. The molecule has 112 valence electrons. The molecule has 0 aromatic rings. The second-order valence-corrected chi connectivity index (χ2v) is 3.98. The lowest BCUT2D eigenvalue weighted by Gasteiger charge is -2.08. The van der Waals surface area contributed by atoms with Gasteiger partial charge in [-0.2, -0.15) is 0 Å². The third kappa shape index (κ3) is 11.6. The van der Waals surface area contributed by atoms with Gasteiger partial charge < -0.3 is 16.2 Å². The van der Waals surface area contributed by atoms with Gasteiger partial charge in [-0.25, -0.2) is 0 Å². The molecule has 1 atom stereocenters. The van der Waals surface area contributed by atoms with Crippen LogP contribution < -0.4 is 11.1 Å². The van der Waals surface area contributed by atoms with Crippen molar-refractivity contribution < 1.29 is 29.9 Å². The summed E-state index contributed by atoms with van der Waals surface area (Å²) in [7, 11) is 0. The minimum Gasteiger partial charge on any atom is -0.480 e. The number of carboxylic acids is 1. The largest absolute Gasteiger partial charge is 0.480 e. The van der Waals surface area contributed by atoms with Crippen molar-refractivity contribution in [1.82, 2.24) is 10.7 Å². The zero-order valence-corrected chi connectivity index (χ0v) is 10.6. The van der Waals surface area contributed by atoms with Gasteiger partial charge in [-0.3, -0.25) is 24.8 Å². The lowest BCUT2D eigenvalue weighted by molar-refractivity contribution is -0.492. The third-order valence-corrected chi connectivity index (χ3v) is 2.34. The van der Waals surface area contributed by atoms with Crippen molar-refractivity contribution in [3.63, 3.8) is 0 Å². The Kier molecular flexibility index (Phi) is 9.94. The number of amides is 1. The highest BCUT2D eigenvalue weighted by molar-refractivity contribution is 5.75. The third-order valence-electron chi connectivity index (χ3n) is 2.34. The summed E-state index contributed by atoms with van der Waals surface area (Å²) in [6.07, 6.45) is 2.23. The number of carbonyl (C=O) groups excluding carboxylic acids is 1. The van der Waals surface area contributed by atoms with Gasteiger partial charge in [0.15, 0.2) is 0 Å². The van der Waals surface area contributed by atoms with Crippen LogP contribution in [0.4, 0.5) is 0 Å². The summed E-state index contributed by atoms with van der Waals surface area (Å²) in [5.41, 5.74) is 5.32. The molecule has 0 spiro atoms. The van der Waals surface area contributed by atoms with E-state index in [1.807, 2.05) is 0 Å². The van der Waals surface area contributed by atoms with Crippen molar-refractivity contribution >= 4 is 11.9 Å². The van der Waals surface area contributed by atoms with Gasteiger partial charge in [-0.1, -0.05) is 0 Å². The number of carboxylic acid groups (broad SMARTS) is 1. The van der Waals surface area contributed by atoms with Gasteiger partial charge in [0, 0.05) is 13.0 Å². The molecule has 0 aromatic heterocycles. The monoisotopic (exact) mass is 279 g/mol. The Balaban J connectivity index is 3.36. The number of rotatable bonds is 11. The molecule has 0 fully saturated rings. The van der Waals surface area contributed by atoms with E-state index in [4.69, 9.17) is 21.3 Å². The summed E-state index contributed by atoms with van der Waals surface area (Å²) in [5.74, 6) is -1.19. The Labute approximate surface area is 110 Å². The van der Waals surface area contributed by atoms with Crippen LogP contribution in [0.5, 0.6) is 0 Å². The predicted octanol–water partition coefficient (Wildman–Crippen LogP) is -0.523. The summed E-state index contributed by atoms with van der Waals surface area (Å²) in [4.78, 5) is 26.0. The van der Waals surface area contributed by atoms with Gasteiger partial charge in [0.05, 0.1) is 12.0 Å². The van der Waals surface area contributed by atoms with E-state index in [1.54, 1.807) is 0 Å². The number of aliphatic carboxylic acids is 1. The van der Waals surface area contributed by atoms with Gasteiger partial charge in [-0.15, -0.1) is 0 Å². The molecular weight excluding hydrogens is 258 g/mol. The SMILES string of the molecule is NC(CCCCNC(=O)CCCON(O)O)C(=O)O. The highest BCUT2D eigenvalue weighted by atomic mass is 17.1. The fourth-order valence-corrected chi connectivity index (χ4v) is 1.31. The minimum atomic E-state index is -1.02. The fourth-order valence-electron chi connectivity index (χ4n) is 1.31. The van der Waals surface area contributed by atoms with Crippen LogP contribution in [0.2, 0.25) is 0 Å². The first-order chi connectivity index (χ1) is 8.93. The molecule has 0 saturated heterocycles. The number of hydrogen-bond acceptors (Lipinski definition) is 7. The van der Waals surface area contributed by atoms with Crippen molar-refractivity contribution in [3.8, 4) is 0 Å². The molecule has 0 aliphatic carbocycles. The molecule has 0 aliphatic heterocycles. The molecule has 0 aliphatic rings. The van der Waals surface area contributed by atoms with E-state index < -0.39 is 17.4 Å². The van der Waals surface area contributed by atoms with Crippen molar-refractivity contribution in [2.75, 3.05) is 13.2 Å². The van der Waals surface area contributed by atoms with E-state index in [9.17, 15) is 9.59 Å². The maximum Gasteiger partial charge on any atom is 0.320 e. The number of unbranched alkanes of at least 4 members (excludes halogenated alkanes) is 1. The van der Waals surface area contributed by atoms with Crippen LogP contribution in [-0.2, 0) is 14.4 Å². The number of nitrogens with one attached hydrogen (secondary N) is 1. The molecule has 0 rings (SSSR count). The molecule has 0 bridgehead atoms. The van der Waals surface area contributed by atoms with Gasteiger partial charge in [-0.05, 0) is 25.7 Å². The Bertz CT molecular complexity index is 274. The maximum atomic E-state index is 11.3. The van der Waals surface area contributed by atoms with E-state index in [-0.39, 0.29) is 18.9 Å². The molecule has 0 heterocycles. The van der Waals surface area contributed by atoms with Gasteiger partial charge >= 0.3 is 5.97 Å². The summed E-state index contributed by atoms with van der Waals surface area (Å²) < 4.78 is 0. The Morgan fingerprint density at radius 1 is 1.26 bits per heavy atom. The summed E-state index contributed by atoms with van der Waals surface area (Å²) in [6.45, 7) is 0.478. The first kappa shape index (κ1) is 17.7. The first-order valence-corrected chi connectivity index (χ1v) is 5.99. The minimum absolute atomic E-state index is 0.0217.